The summed E-state index contributed by atoms with van der Waals surface area (Å²) in [7, 11) is 0. The topological polar surface area (TPSA) is 66.4 Å². The van der Waals surface area contributed by atoms with Crippen molar-refractivity contribution < 1.29 is 14.7 Å². The third kappa shape index (κ3) is 3.19. The van der Waals surface area contributed by atoms with Crippen LogP contribution in [-0.2, 0) is 4.79 Å². The minimum absolute atomic E-state index is 0.269. The molecule has 1 aromatic carbocycles. The number of amides is 1. The fourth-order valence-corrected chi connectivity index (χ4v) is 2.72. The largest absolute Gasteiger partial charge is 0.481 e. The van der Waals surface area contributed by atoms with E-state index in [9.17, 15) is 9.59 Å². The van der Waals surface area contributed by atoms with Gasteiger partial charge in [0, 0.05) is 11.1 Å². The summed E-state index contributed by atoms with van der Waals surface area (Å²) in [5.41, 5.74) is 0.269. The molecule has 0 radical (unpaired) electrons. The van der Waals surface area contributed by atoms with Gasteiger partial charge in [-0.25, -0.2) is 0 Å². The molecule has 0 bridgehead atoms. The van der Waals surface area contributed by atoms with E-state index in [0.29, 0.717) is 22.9 Å². The molecule has 2 rings (SSSR count). The van der Waals surface area contributed by atoms with Gasteiger partial charge in [-0.3, -0.25) is 9.59 Å². The zero-order valence-corrected chi connectivity index (χ0v) is 11.5. The minimum Gasteiger partial charge on any atom is -0.481 e. The first-order valence-corrected chi connectivity index (χ1v) is 6.73. The smallest absolute Gasteiger partial charge is 0.308 e. The lowest BCUT2D eigenvalue weighted by Crippen LogP contribution is -2.40. The van der Waals surface area contributed by atoms with Gasteiger partial charge >= 0.3 is 5.97 Å². The van der Waals surface area contributed by atoms with E-state index in [4.69, 9.17) is 28.3 Å². The number of hydrogen-bond donors (Lipinski definition) is 2. The number of hydrogen-bond acceptors (Lipinski definition) is 2. The molecule has 4 nitrogen and oxygen atoms in total. The van der Waals surface area contributed by atoms with Crippen molar-refractivity contribution in [2.45, 2.75) is 25.3 Å². The van der Waals surface area contributed by atoms with Crippen LogP contribution < -0.4 is 5.32 Å². The summed E-state index contributed by atoms with van der Waals surface area (Å²) in [6.07, 6.45) is 2.05. The fourth-order valence-electron chi connectivity index (χ4n) is 2.35. The third-order valence-corrected chi connectivity index (χ3v) is 3.89. The van der Waals surface area contributed by atoms with E-state index in [1.165, 1.54) is 6.07 Å². The molecule has 0 saturated heterocycles. The average Bonchev–Trinajstić information content (AvgIpc) is 2.80. The van der Waals surface area contributed by atoms with Gasteiger partial charge in [0.15, 0.2) is 0 Å². The average molecular weight is 302 g/mol. The molecular weight excluding hydrogens is 289 g/mol. The lowest BCUT2D eigenvalue weighted by molar-refractivity contribution is -0.142. The van der Waals surface area contributed by atoms with Crippen LogP contribution in [0.1, 0.15) is 29.6 Å². The first-order valence-electron chi connectivity index (χ1n) is 5.98. The summed E-state index contributed by atoms with van der Waals surface area (Å²) in [5.74, 6) is -1.78. The molecule has 1 aromatic rings. The van der Waals surface area contributed by atoms with Gasteiger partial charge in [0.2, 0.25) is 0 Å². The molecule has 1 saturated carbocycles. The standard InChI is InChI=1S/C13H13Cl2NO3/c14-7-4-5-10(15)9(6-7)12(17)16-11-3-1-2-8(11)13(18)19/h4-6,8,11H,1-3H2,(H,16,17)(H,18,19). The van der Waals surface area contributed by atoms with Crippen LogP contribution in [0.4, 0.5) is 0 Å². The number of nitrogens with one attached hydrogen (secondary N) is 1. The maximum Gasteiger partial charge on any atom is 0.308 e. The van der Waals surface area contributed by atoms with E-state index < -0.39 is 11.9 Å². The molecule has 6 heteroatoms. The molecule has 2 unspecified atom stereocenters. The lowest BCUT2D eigenvalue weighted by atomic mass is 10.0. The van der Waals surface area contributed by atoms with Crippen molar-refractivity contribution in [1.82, 2.24) is 5.32 Å². The van der Waals surface area contributed by atoms with Crippen LogP contribution in [0.5, 0.6) is 0 Å². The SMILES string of the molecule is O=C(NC1CCCC1C(=O)O)c1cc(Cl)ccc1Cl. The van der Waals surface area contributed by atoms with Gasteiger partial charge in [0.1, 0.15) is 0 Å². The van der Waals surface area contributed by atoms with E-state index in [0.717, 1.165) is 6.42 Å². The highest BCUT2D eigenvalue weighted by Gasteiger charge is 2.34. The Morgan fingerprint density at radius 1 is 1.26 bits per heavy atom. The zero-order valence-electron chi connectivity index (χ0n) is 10.0. The Morgan fingerprint density at radius 2 is 2.00 bits per heavy atom. The molecule has 102 valence electrons. The Hall–Kier alpha value is -1.26. The second-order valence-electron chi connectivity index (χ2n) is 4.58. The van der Waals surface area contributed by atoms with Gasteiger partial charge in [-0.05, 0) is 31.0 Å². The normalized spacial score (nSPS) is 22.2. The van der Waals surface area contributed by atoms with Gasteiger partial charge < -0.3 is 10.4 Å². The summed E-state index contributed by atoms with van der Waals surface area (Å²) in [6.45, 7) is 0. The Labute approximate surface area is 120 Å². The van der Waals surface area contributed by atoms with Crippen LogP contribution in [-0.4, -0.2) is 23.0 Å². The first kappa shape index (κ1) is 14.2. The fraction of sp³-hybridized carbons (Fsp3) is 0.385. The molecular formula is C13H13Cl2NO3. The van der Waals surface area contributed by atoms with E-state index >= 15 is 0 Å². The summed E-state index contributed by atoms with van der Waals surface area (Å²) < 4.78 is 0. The quantitative estimate of drug-likeness (QED) is 0.902. The number of carboxylic acids is 1. The number of aliphatic carboxylic acids is 1. The molecule has 2 atom stereocenters. The number of benzene rings is 1. The molecule has 1 amide bonds. The van der Waals surface area contributed by atoms with Crippen LogP contribution in [0.25, 0.3) is 0 Å². The van der Waals surface area contributed by atoms with Gasteiger partial charge in [-0.2, -0.15) is 0 Å². The van der Waals surface area contributed by atoms with Crippen molar-refractivity contribution in [2.24, 2.45) is 5.92 Å². The predicted octanol–water partition coefficient (Wildman–Crippen LogP) is 2.98. The summed E-state index contributed by atoms with van der Waals surface area (Å²) >= 11 is 11.8. The number of carboxylic acid groups (broad SMARTS) is 1. The Morgan fingerprint density at radius 3 is 2.68 bits per heavy atom. The van der Waals surface area contributed by atoms with Crippen molar-refractivity contribution in [3.05, 3.63) is 33.8 Å². The highest BCUT2D eigenvalue weighted by molar-refractivity contribution is 6.35. The second kappa shape index (κ2) is 5.80. The predicted molar refractivity (Wildman–Crippen MR) is 72.7 cm³/mol. The lowest BCUT2D eigenvalue weighted by Gasteiger charge is -2.18. The van der Waals surface area contributed by atoms with Crippen LogP contribution in [0.15, 0.2) is 18.2 Å². The van der Waals surface area contributed by atoms with Gasteiger partial charge in [-0.15, -0.1) is 0 Å². The van der Waals surface area contributed by atoms with E-state index in [1.54, 1.807) is 12.1 Å². The van der Waals surface area contributed by atoms with Crippen molar-refractivity contribution >= 4 is 35.1 Å². The van der Waals surface area contributed by atoms with Crippen molar-refractivity contribution in [3.8, 4) is 0 Å². The Bertz CT molecular complexity index is 519. The van der Waals surface area contributed by atoms with Gasteiger partial charge in [-0.1, -0.05) is 29.6 Å². The molecule has 1 fully saturated rings. The molecule has 0 heterocycles. The zero-order chi connectivity index (χ0) is 14.0. The molecule has 0 aromatic heterocycles. The second-order valence-corrected chi connectivity index (χ2v) is 5.42. The van der Waals surface area contributed by atoms with Crippen LogP contribution in [0.3, 0.4) is 0 Å². The van der Waals surface area contributed by atoms with Crippen LogP contribution in [0.2, 0.25) is 10.0 Å². The highest BCUT2D eigenvalue weighted by Crippen LogP contribution is 2.27. The summed E-state index contributed by atoms with van der Waals surface area (Å²) in [6, 6.07) is 4.27. The maximum atomic E-state index is 12.1. The molecule has 19 heavy (non-hydrogen) atoms. The first-order chi connectivity index (χ1) is 8.99. The Balaban J connectivity index is 2.12. The highest BCUT2D eigenvalue weighted by atomic mass is 35.5. The summed E-state index contributed by atoms with van der Waals surface area (Å²) in [4.78, 5) is 23.1. The number of carbonyl (C=O) groups excluding carboxylic acids is 1. The molecule has 2 N–H and O–H groups in total. The van der Waals surface area contributed by atoms with Gasteiger partial charge in [0.05, 0.1) is 16.5 Å². The minimum atomic E-state index is -0.875. The van der Waals surface area contributed by atoms with E-state index in [2.05, 4.69) is 5.32 Å². The van der Waals surface area contributed by atoms with E-state index in [-0.39, 0.29) is 17.5 Å². The molecule has 0 spiro atoms. The van der Waals surface area contributed by atoms with Crippen molar-refractivity contribution in [3.63, 3.8) is 0 Å². The van der Waals surface area contributed by atoms with Crippen LogP contribution >= 0.6 is 23.2 Å². The number of halogens is 2. The number of carbonyl (C=O) groups is 2. The van der Waals surface area contributed by atoms with Crippen LogP contribution in [0, 0.1) is 5.92 Å². The van der Waals surface area contributed by atoms with Gasteiger partial charge in [0.25, 0.3) is 5.91 Å². The third-order valence-electron chi connectivity index (χ3n) is 3.32. The van der Waals surface area contributed by atoms with Crippen molar-refractivity contribution in [1.29, 1.82) is 0 Å². The summed E-state index contributed by atoms with van der Waals surface area (Å²) in [5, 5.41) is 12.5. The number of rotatable bonds is 3. The monoisotopic (exact) mass is 301 g/mol. The van der Waals surface area contributed by atoms with E-state index in [1.807, 2.05) is 0 Å². The Kier molecular flexibility index (Phi) is 4.32. The maximum absolute atomic E-state index is 12.1. The van der Waals surface area contributed by atoms with Crippen molar-refractivity contribution in [2.75, 3.05) is 0 Å². The molecule has 1 aliphatic carbocycles. The molecule has 1 aliphatic rings. The molecule has 0 aliphatic heterocycles.